The second-order valence-corrected chi connectivity index (χ2v) is 3.83. The van der Waals surface area contributed by atoms with Crippen molar-refractivity contribution in [2.75, 3.05) is 7.05 Å². The lowest BCUT2D eigenvalue weighted by molar-refractivity contribution is 0.717. The van der Waals surface area contributed by atoms with Crippen LogP contribution in [0.25, 0.3) is 0 Å². The van der Waals surface area contributed by atoms with Crippen molar-refractivity contribution in [1.29, 1.82) is 5.26 Å². The summed E-state index contributed by atoms with van der Waals surface area (Å²) in [5, 5.41) is 11.9. The normalized spacial score (nSPS) is 14.3. The number of benzene rings is 1. The summed E-state index contributed by atoms with van der Waals surface area (Å²) in [6, 6.07) is 10.3. The lowest BCUT2D eigenvalue weighted by Crippen LogP contribution is -2.13. The van der Waals surface area contributed by atoms with E-state index in [1.165, 1.54) is 5.56 Å². The molecule has 0 fully saturated rings. The first kappa shape index (κ1) is 11.7. The van der Waals surface area contributed by atoms with Gasteiger partial charge in [-0.3, -0.25) is 0 Å². The van der Waals surface area contributed by atoms with Crippen molar-refractivity contribution >= 4 is 0 Å². The lowest BCUT2D eigenvalue weighted by Gasteiger charge is -2.12. The molecule has 15 heavy (non-hydrogen) atoms. The molecule has 1 aromatic rings. The van der Waals surface area contributed by atoms with E-state index < -0.39 is 0 Å². The Bertz CT molecular complexity index is 335. The SMILES string of the molecule is CCC(C)c1ccc(C(C#N)NC)cc1. The zero-order valence-electron chi connectivity index (χ0n) is 9.62. The molecular weight excluding hydrogens is 184 g/mol. The fraction of sp³-hybridized carbons (Fsp3) is 0.462. The average molecular weight is 202 g/mol. The van der Waals surface area contributed by atoms with Gasteiger partial charge in [-0.25, -0.2) is 0 Å². The molecule has 0 bridgehead atoms. The summed E-state index contributed by atoms with van der Waals surface area (Å²) in [4.78, 5) is 0. The van der Waals surface area contributed by atoms with Crippen molar-refractivity contribution in [2.45, 2.75) is 32.2 Å². The third kappa shape index (κ3) is 2.81. The Balaban J connectivity index is 2.85. The van der Waals surface area contributed by atoms with Crippen molar-refractivity contribution in [3.05, 3.63) is 35.4 Å². The van der Waals surface area contributed by atoms with Crippen molar-refractivity contribution in [1.82, 2.24) is 5.32 Å². The van der Waals surface area contributed by atoms with Crippen molar-refractivity contribution in [3.8, 4) is 6.07 Å². The number of nitrogens with zero attached hydrogens (tertiary/aromatic N) is 1. The molecule has 1 aromatic carbocycles. The predicted octanol–water partition coefficient (Wildman–Crippen LogP) is 2.98. The van der Waals surface area contributed by atoms with Crippen LogP contribution in [0.1, 0.15) is 43.4 Å². The van der Waals surface area contributed by atoms with Crippen LogP contribution < -0.4 is 5.32 Å². The monoisotopic (exact) mass is 202 g/mol. The van der Waals surface area contributed by atoms with E-state index in [1.807, 2.05) is 12.1 Å². The number of nitriles is 1. The van der Waals surface area contributed by atoms with Crippen LogP contribution in [-0.2, 0) is 0 Å². The van der Waals surface area contributed by atoms with Crippen LogP contribution in [0.4, 0.5) is 0 Å². The Morgan fingerprint density at radius 3 is 2.20 bits per heavy atom. The Labute approximate surface area is 91.9 Å². The molecule has 0 saturated carbocycles. The van der Waals surface area contributed by atoms with E-state index in [0.29, 0.717) is 5.92 Å². The number of hydrogen-bond donors (Lipinski definition) is 1. The summed E-state index contributed by atoms with van der Waals surface area (Å²) < 4.78 is 0. The second-order valence-electron chi connectivity index (χ2n) is 3.83. The minimum absolute atomic E-state index is 0.198. The number of hydrogen-bond acceptors (Lipinski definition) is 2. The maximum Gasteiger partial charge on any atom is 0.121 e. The molecule has 1 rings (SSSR count). The minimum Gasteiger partial charge on any atom is -0.301 e. The van der Waals surface area contributed by atoms with E-state index in [1.54, 1.807) is 7.05 Å². The van der Waals surface area contributed by atoms with Gasteiger partial charge in [0.15, 0.2) is 0 Å². The first-order valence-corrected chi connectivity index (χ1v) is 5.39. The highest BCUT2D eigenvalue weighted by molar-refractivity contribution is 5.29. The molecule has 80 valence electrons. The van der Waals surface area contributed by atoms with E-state index >= 15 is 0 Å². The summed E-state index contributed by atoms with van der Waals surface area (Å²) in [5.74, 6) is 0.592. The van der Waals surface area contributed by atoms with Crippen LogP contribution in [-0.4, -0.2) is 7.05 Å². The van der Waals surface area contributed by atoms with Crippen molar-refractivity contribution in [3.63, 3.8) is 0 Å². The van der Waals surface area contributed by atoms with Crippen LogP contribution in [0.2, 0.25) is 0 Å². The quantitative estimate of drug-likeness (QED) is 0.814. The summed E-state index contributed by atoms with van der Waals surface area (Å²) in [5.41, 5.74) is 2.38. The van der Waals surface area contributed by atoms with E-state index in [4.69, 9.17) is 5.26 Å². The van der Waals surface area contributed by atoms with Gasteiger partial charge in [0.1, 0.15) is 6.04 Å². The van der Waals surface area contributed by atoms with E-state index in [9.17, 15) is 0 Å². The molecule has 0 aliphatic rings. The molecule has 2 unspecified atom stereocenters. The van der Waals surface area contributed by atoms with Gasteiger partial charge in [0.05, 0.1) is 6.07 Å². The van der Waals surface area contributed by atoms with Gasteiger partial charge in [0, 0.05) is 0 Å². The molecule has 0 heterocycles. The summed E-state index contributed by atoms with van der Waals surface area (Å²) in [6.07, 6.45) is 1.15. The van der Waals surface area contributed by atoms with Gasteiger partial charge in [0.2, 0.25) is 0 Å². The van der Waals surface area contributed by atoms with Crippen LogP contribution in [0.5, 0.6) is 0 Å². The molecule has 0 amide bonds. The zero-order chi connectivity index (χ0) is 11.3. The fourth-order valence-electron chi connectivity index (χ4n) is 1.56. The second kappa shape index (κ2) is 5.53. The maximum absolute atomic E-state index is 8.89. The fourth-order valence-corrected chi connectivity index (χ4v) is 1.56. The maximum atomic E-state index is 8.89. The standard InChI is InChI=1S/C13H18N2/c1-4-10(2)11-5-7-12(8-6-11)13(9-14)15-3/h5-8,10,13,15H,4H2,1-3H3. The topological polar surface area (TPSA) is 35.8 Å². The van der Waals surface area contributed by atoms with Crippen LogP contribution in [0, 0.1) is 11.3 Å². The molecular formula is C13H18N2. The van der Waals surface area contributed by atoms with Gasteiger partial charge in [-0.05, 0) is 30.5 Å². The molecule has 0 aliphatic heterocycles. The lowest BCUT2D eigenvalue weighted by atomic mass is 9.96. The highest BCUT2D eigenvalue weighted by Crippen LogP contribution is 2.20. The molecule has 0 aromatic heterocycles. The van der Waals surface area contributed by atoms with E-state index in [2.05, 4.69) is 37.4 Å². The molecule has 1 N–H and O–H groups in total. The molecule has 0 aliphatic carbocycles. The van der Waals surface area contributed by atoms with Crippen LogP contribution in [0.3, 0.4) is 0 Å². The van der Waals surface area contributed by atoms with Crippen molar-refractivity contribution < 1.29 is 0 Å². The summed E-state index contributed by atoms with van der Waals surface area (Å²) in [6.45, 7) is 4.40. The van der Waals surface area contributed by atoms with Crippen LogP contribution >= 0.6 is 0 Å². The smallest absolute Gasteiger partial charge is 0.121 e. The third-order valence-electron chi connectivity index (χ3n) is 2.87. The van der Waals surface area contributed by atoms with Crippen molar-refractivity contribution in [2.24, 2.45) is 0 Å². The largest absolute Gasteiger partial charge is 0.301 e. The van der Waals surface area contributed by atoms with Gasteiger partial charge in [0.25, 0.3) is 0 Å². The van der Waals surface area contributed by atoms with E-state index in [-0.39, 0.29) is 6.04 Å². The van der Waals surface area contributed by atoms with Crippen LogP contribution in [0.15, 0.2) is 24.3 Å². The molecule has 0 saturated heterocycles. The average Bonchev–Trinajstić information content (AvgIpc) is 2.30. The minimum atomic E-state index is -0.198. The van der Waals surface area contributed by atoms with Gasteiger partial charge >= 0.3 is 0 Å². The Morgan fingerprint density at radius 1 is 1.27 bits per heavy atom. The molecule has 2 nitrogen and oxygen atoms in total. The third-order valence-corrected chi connectivity index (χ3v) is 2.87. The molecule has 2 heteroatoms. The number of rotatable bonds is 4. The first-order chi connectivity index (χ1) is 7.22. The summed E-state index contributed by atoms with van der Waals surface area (Å²) in [7, 11) is 1.80. The number of nitrogens with one attached hydrogen (secondary N) is 1. The van der Waals surface area contributed by atoms with Gasteiger partial charge in [-0.15, -0.1) is 0 Å². The van der Waals surface area contributed by atoms with Gasteiger partial charge in [-0.1, -0.05) is 38.1 Å². The zero-order valence-corrected chi connectivity index (χ0v) is 9.62. The van der Waals surface area contributed by atoms with Gasteiger partial charge in [-0.2, -0.15) is 5.26 Å². The Hall–Kier alpha value is -1.33. The van der Waals surface area contributed by atoms with Gasteiger partial charge < -0.3 is 5.32 Å². The Morgan fingerprint density at radius 2 is 1.80 bits per heavy atom. The first-order valence-electron chi connectivity index (χ1n) is 5.39. The molecule has 2 atom stereocenters. The molecule has 0 spiro atoms. The highest BCUT2D eigenvalue weighted by atomic mass is 14.9. The van der Waals surface area contributed by atoms with E-state index in [0.717, 1.165) is 12.0 Å². The molecule has 0 radical (unpaired) electrons. The highest BCUT2D eigenvalue weighted by Gasteiger charge is 2.08. The predicted molar refractivity (Wildman–Crippen MR) is 62.6 cm³/mol. The summed E-state index contributed by atoms with van der Waals surface area (Å²) >= 11 is 0. The Kier molecular flexibility index (Phi) is 4.33.